The Bertz CT molecular complexity index is 472. The predicted molar refractivity (Wildman–Crippen MR) is 72.1 cm³/mol. The van der Waals surface area contributed by atoms with Gasteiger partial charge in [-0.1, -0.05) is 5.16 Å². The highest BCUT2D eigenvalue weighted by atomic mass is 16.5. The molecular formula is C13H21N3O4. The van der Waals surface area contributed by atoms with Crippen LogP contribution in [0.3, 0.4) is 0 Å². The SMILES string of the molecule is C[C@]1(N2CCOCC2)C[C@]2(O)C(=[N+]1[O-])CCC/C2=N/O. The number of morpholine rings is 1. The van der Waals surface area contributed by atoms with Crippen LogP contribution in [0.25, 0.3) is 0 Å². The fourth-order valence-corrected chi connectivity index (χ4v) is 3.74. The summed E-state index contributed by atoms with van der Waals surface area (Å²) in [5.41, 5.74) is -1.43. The molecule has 1 saturated carbocycles. The molecule has 2 N–H and O–H groups in total. The van der Waals surface area contributed by atoms with E-state index in [2.05, 4.69) is 10.1 Å². The zero-order chi connectivity index (χ0) is 14.4. The minimum atomic E-state index is -1.39. The van der Waals surface area contributed by atoms with Crippen molar-refractivity contribution in [2.75, 3.05) is 26.3 Å². The summed E-state index contributed by atoms with van der Waals surface area (Å²) in [6.07, 6.45) is 2.07. The van der Waals surface area contributed by atoms with Crippen LogP contribution in [0.2, 0.25) is 0 Å². The van der Waals surface area contributed by atoms with Crippen LogP contribution in [0.5, 0.6) is 0 Å². The largest absolute Gasteiger partial charge is 0.622 e. The lowest BCUT2D eigenvalue weighted by atomic mass is 9.78. The van der Waals surface area contributed by atoms with Crippen molar-refractivity contribution >= 4 is 11.4 Å². The van der Waals surface area contributed by atoms with Gasteiger partial charge in [-0.25, -0.2) is 4.90 Å². The molecule has 2 atom stereocenters. The van der Waals surface area contributed by atoms with Crippen LogP contribution in [-0.2, 0) is 4.74 Å². The number of fused-ring (bicyclic) bond motifs is 1. The van der Waals surface area contributed by atoms with Gasteiger partial charge in [0.15, 0.2) is 5.60 Å². The van der Waals surface area contributed by atoms with Crippen LogP contribution < -0.4 is 0 Å². The van der Waals surface area contributed by atoms with E-state index in [0.29, 0.717) is 50.6 Å². The Hall–Kier alpha value is -1.18. The summed E-state index contributed by atoms with van der Waals surface area (Å²) in [6.45, 7) is 4.38. The first kappa shape index (κ1) is 13.8. The third-order valence-electron chi connectivity index (χ3n) is 4.87. The first-order valence-corrected chi connectivity index (χ1v) is 7.12. The van der Waals surface area contributed by atoms with Crippen molar-refractivity contribution in [3.05, 3.63) is 5.21 Å². The van der Waals surface area contributed by atoms with Gasteiger partial charge >= 0.3 is 0 Å². The van der Waals surface area contributed by atoms with E-state index in [0.717, 1.165) is 11.2 Å². The number of ether oxygens (including phenoxy) is 1. The number of nitrogens with zero attached hydrogens (tertiary/aromatic N) is 3. The summed E-state index contributed by atoms with van der Waals surface area (Å²) in [4.78, 5) is 2.06. The smallest absolute Gasteiger partial charge is 0.230 e. The van der Waals surface area contributed by atoms with Crippen LogP contribution in [0, 0.1) is 5.21 Å². The lowest BCUT2D eigenvalue weighted by Crippen LogP contribution is -2.56. The average Bonchev–Trinajstić information content (AvgIpc) is 2.68. The van der Waals surface area contributed by atoms with E-state index < -0.39 is 11.3 Å². The fourth-order valence-electron chi connectivity index (χ4n) is 3.74. The quantitative estimate of drug-likeness (QED) is 0.309. The van der Waals surface area contributed by atoms with Crippen LogP contribution >= 0.6 is 0 Å². The van der Waals surface area contributed by atoms with Gasteiger partial charge < -0.3 is 20.3 Å². The van der Waals surface area contributed by atoms with Gasteiger partial charge in [0.2, 0.25) is 11.4 Å². The van der Waals surface area contributed by atoms with Crippen LogP contribution in [0.15, 0.2) is 5.16 Å². The van der Waals surface area contributed by atoms with Gasteiger partial charge in [0.05, 0.1) is 25.3 Å². The Kier molecular flexibility index (Phi) is 3.23. The monoisotopic (exact) mass is 283 g/mol. The van der Waals surface area contributed by atoms with E-state index >= 15 is 0 Å². The molecule has 2 fully saturated rings. The van der Waals surface area contributed by atoms with Crippen LogP contribution in [-0.4, -0.2) is 68.9 Å². The first-order valence-electron chi connectivity index (χ1n) is 7.12. The molecule has 0 bridgehead atoms. The van der Waals surface area contributed by atoms with Gasteiger partial charge in [-0.05, 0) is 12.8 Å². The molecule has 0 aromatic heterocycles. The molecule has 3 aliphatic rings. The minimum absolute atomic E-state index is 0.248. The summed E-state index contributed by atoms with van der Waals surface area (Å²) >= 11 is 0. The molecule has 0 spiro atoms. The maximum Gasteiger partial charge on any atom is 0.230 e. The van der Waals surface area contributed by atoms with Crippen LogP contribution in [0.4, 0.5) is 0 Å². The molecule has 0 unspecified atom stereocenters. The topological polar surface area (TPSA) is 91.4 Å². The van der Waals surface area contributed by atoms with Crippen molar-refractivity contribution in [1.82, 2.24) is 4.90 Å². The molecule has 1 saturated heterocycles. The van der Waals surface area contributed by atoms with E-state index in [4.69, 9.17) is 9.94 Å². The van der Waals surface area contributed by atoms with Gasteiger partial charge in [-0.15, -0.1) is 0 Å². The second kappa shape index (κ2) is 4.68. The highest BCUT2D eigenvalue weighted by molar-refractivity contribution is 6.15. The molecule has 2 aliphatic heterocycles. The molecule has 0 radical (unpaired) electrons. The molecule has 0 aromatic carbocycles. The van der Waals surface area contributed by atoms with E-state index in [1.54, 1.807) is 0 Å². The zero-order valence-electron chi connectivity index (χ0n) is 11.7. The first-order chi connectivity index (χ1) is 9.52. The van der Waals surface area contributed by atoms with E-state index in [9.17, 15) is 10.3 Å². The van der Waals surface area contributed by atoms with Crippen LogP contribution in [0.1, 0.15) is 32.6 Å². The molecule has 20 heavy (non-hydrogen) atoms. The fraction of sp³-hybridized carbons (Fsp3) is 0.846. The van der Waals surface area contributed by atoms with Gasteiger partial charge in [0.25, 0.3) is 0 Å². The molecule has 0 amide bonds. The molecule has 2 heterocycles. The van der Waals surface area contributed by atoms with Crippen molar-refractivity contribution in [1.29, 1.82) is 0 Å². The summed E-state index contributed by atoms with van der Waals surface area (Å²) in [6, 6.07) is 0. The lowest BCUT2D eigenvalue weighted by Gasteiger charge is -2.38. The Morgan fingerprint density at radius 2 is 2.05 bits per heavy atom. The standard InChI is InChI=1S/C13H21N3O4/c1-12(15-5-7-20-8-6-15)9-13(17)10(14-18)3-2-4-11(13)16(12)19/h17-18H,2-9H2,1H3/b14-10-/t12-,13-/m1/s1. The Morgan fingerprint density at radius 3 is 2.70 bits per heavy atom. The minimum Gasteiger partial charge on any atom is -0.622 e. The second-order valence-corrected chi connectivity index (χ2v) is 5.99. The number of hydrogen-bond acceptors (Lipinski definition) is 6. The van der Waals surface area contributed by atoms with Gasteiger partial charge in [0, 0.05) is 26.4 Å². The zero-order valence-corrected chi connectivity index (χ0v) is 11.7. The van der Waals surface area contributed by atoms with Gasteiger partial charge in [-0.3, -0.25) is 0 Å². The third-order valence-corrected chi connectivity index (χ3v) is 4.87. The summed E-state index contributed by atoms with van der Waals surface area (Å²) in [5.74, 6) is 0. The van der Waals surface area contributed by atoms with E-state index in [1.165, 1.54) is 0 Å². The van der Waals surface area contributed by atoms with E-state index in [-0.39, 0.29) is 6.42 Å². The summed E-state index contributed by atoms with van der Waals surface area (Å²) in [5, 5.41) is 36.0. The number of rotatable bonds is 1. The summed E-state index contributed by atoms with van der Waals surface area (Å²) < 4.78 is 6.28. The number of hydrogen-bond donors (Lipinski definition) is 2. The van der Waals surface area contributed by atoms with Crippen molar-refractivity contribution in [2.24, 2.45) is 5.16 Å². The predicted octanol–water partition coefficient (Wildman–Crippen LogP) is 0.135. The Labute approximate surface area is 117 Å². The average molecular weight is 283 g/mol. The van der Waals surface area contributed by atoms with Gasteiger partial charge in [-0.2, -0.15) is 4.74 Å². The van der Waals surface area contributed by atoms with Crippen molar-refractivity contribution in [3.8, 4) is 0 Å². The van der Waals surface area contributed by atoms with Crippen molar-refractivity contribution < 1.29 is 19.8 Å². The molecule has 3 rings (SSSR count). The molecule has 0 aromatic rings. The molecular weight excluding hydrogens is 262 g/mol. The summed E-state index contributed by atoms with van der Waals surface area (Å²) in [7, 11) is 0. The Morgan fingerprint density at radius 1 is 1.35 bits per heavy atom. The lowest BCUT2D eigenvalue weighted by molar-refractivity contribution is -0.572. The maximum atomic E-state index is 12.7. The molecule has 7 nitrogen and oxygen atoms in total. The number of hydroxylamine groups is 1. The maximum absolute atomic E-state index is 12.7. The highest BCUT2D eigenvalue weighted by Gasteiger charge is 2.62. The highest BCUT2D eigenvalue weighted by Crippen LogP contribution is 2.40. The third kappa shape index (κ3) is 1.77. The van der Waals surface area contributed by atoms with Crippen molar-refractivity contribution in [2.45, 2.75) is 43.9 Å². The van der Waals surface area contributed by atoms with E-state index in [1.807, 2.05) is 6.92 Å². The number of oxime groups is 1. The second-order valence-electron chi connectivity index (χ2n) is 5.99. The van der Waals surface area contributed by atoms with Crippen molar-refractivity contribution in [3.63, 3.8) is 0 Å². The molecule has 1 aliphatic carbocycles. The Balaban J connectivity index is 1.98. The normalized spacial score (nSPS) is 41.2. The number of aliphatic hydroxyl groups is 1. The molecule has 112 valence electrons. The molecule has 7 heteroatoms. The van der Waals surface area contributed by atoms with Gasteiger partial charge in [0.1, 0.15) is 0 Å².